The first-order chi connectivity index (χ1) is 14.3. The van der Waals surface area contributed by atoms with Gasteiger partial charge in [0, 0.05) is 0 Å². The monoisotopic (exact) mass is 394 g/mol. The van der Waals surface area contributed by atoms with Crippen LogP contribution in [0.1, 0.15) is 23.1 Å². The number of benzene rings is 4. The molecule has 1 heteroatoms. The first-order valence-electron chi connectivity index (χ1n) is 10.4. The standard InChI is InChI=1S/C28H27P/c29-21-25-13-4-5-15-27(25)28-16-7-6-14-26(28)24-19-17-23(18-20-24)12-8-11-22-9-2-1-3-10-22/h1-7,9-10,13-20H,8,11-12,21,29H2. The molecule has 0 aliphatic rings. The lowest BCUT2D eigenvalue weighted by Crippen LogP contribution is -1.92. The number of hydrogen-bond donors (Lipinski definition) is 0. The highest BCUT2D eigenvalue weighted by Gasteiger charge is 2.10. The van der Waals surface area contributed by atoms with Crippen LogP contribution in [0.3, 0.4) is 0 Å². The summed E-state index contributed by atoms with van der Waals surface area (Å²) >= 11 is 0. The van der Waals surface area contributed by atoms with Crippen molar-refractivity contribution in [3.05, 3.63) is 120 Å². The molecule has 1 unspecified atom stereocenters. The van der Waals surface area contributed by atoms with Crippen LogP contribution in [0.5, 0.6) is 0 Å². The number of hydrogen-bond acceptors (Lipinski definition) is 0. The summed E-state index contributed by atoms with van der Waals surface area (Å²) in [4.78, 5) is 0. The van der Waals surface area contributed by atoms with E-state index in [9.17, 15) is 0 Å². The summed E-state index contributed by atoms with van der Waals surface area (Å²) < 4.78 is 0. The Hall–Kier alpha value is -2.69. The smallest absolute Gasteiger partial charge is 0.0103 e. The van der Waals surface area contributed by atoms with Crippen LogP contribution >= 0.6 is 9.24 Å². The van der Waals surface area contributed by atoms with Gasteiger partial charge in [-0.3, -0.25) is 0 Å². The normalized spacial score (nSPS) is 10.8. The number of rotatable bonds is 7. The van der Waals surface area contributed by atoms with Crippen molar-refractivity contribution in [2.45, 2.75) is 25.4 Å². The Bertz CT molecular complexity index is 1050. The summed E-state index contributed by atoms with van der Waals surface area (Å²) in [6.45, 7) is 0. The third-order valence-electron chi connectivity index (χ3n) is 5.49. The van der Waals surface area contributed by atoms with Gasteiger partial charge in [0.05, 0.1) is 0 Å². The molecule has 0 aromatic heterocycles. The molecule has 4 aromatic rings. The predicted molar refractivity (Wildman–Crippen MR) is 129 cm³/mol. The van der Waals surface area contributed by atoms with Crippen molar-refractivity contribution in [2.75, 3.05) is 0 Å². The zero-order valence-corrected chi connectivity index (χ0v) is 17.9. The summed E-state index contributed by atoms with van der Waals surface area (Å²) in [6, 6.07) is 37.3. The van der Waals surface area contributed by atoms with Crippen molar-refractivity contribution < 1.29 is 0 Å². The van der Waals surface area contributed by atoms with Crippen molar-refractivity contribution in [2.24, 2.45) is 0 Å². The third kappa shape index (κ3) is 4.84. The van der Waals surface area contributed by atoms with Crippen molar-refractivity contribution in [1.82, 2.24) is 0 Å². The molecular weight excluding hydrogens is 367 g/mol. The van der Waals surface area contributed by atoms with E-state index in [1.165, 1.54) is 45.4 Å². The molecule has 0 saturated heterocycles. The average Bonchev–Trinajstić information content (AvgIpc) is 2.80. The molecule has 0 amide bonds. The van der Waals surface area contributed by atoms with E-state index in [2.05, 4.69) is 112 Å². The van der Waals surface area contributed by atoms with E-state index >= 15 is 0 Å². The van der Waals surface area contributed by atoms with Crippen molar-refractivity contribution in [3.8, 4) is 22.3 Å². The maximum Gasteiger partial charge on any atom is -0.0103 e. The van der Waals surface area contributed by atoms with Gasteiger partial charge in [-0.1, -0.05) is 103 Å². The molecule has 0 N–H and O–H groups in total. The van der Waals surface area contributed by atoms with E-state index < -0.39 is 0 Å². The van der Waals surface area contributed by atoms with Crippen LogP contribution in [0.25, 0.3) is 22.3 Å². The van der Waals surface area contributed by atoms with Crippen LogP contribution in [0.15, 0.2) is 103 Å². The largest absolute Gasteiger partial charge is 0.133 e. The fourth-order valence-electron chi connectivity index (χ4n) is 3.92. The lowest BCUT2D eigenvalue weighted by Gasteiger charge is -2.14. The third-order valence-corrected chi connectivity index (χ3v) is 5.93. The van der Waals surface area contributed by atoms with E-state index in [-0.39, 0.29) is 0 Å². The second-order valence-corrected chi connectivity index (χ2v) is 7.85. The minimum absolute atomic E-state index is 0.963. The summed E-state index contributed by atoms with van der Waals surface area (Å²) in [5.41, 5.74) is 9.41. The Kier molecular flexibility index (Phi) is 6.55. The van der Waals surface area contributed by atoms with Crippen molar-refractivity contribution >= 4 is 9.24 Å². The van der Waals surface area contributed by atoms with E-state index in [0.29, 0.717) is 0 Å². The highest BCUT2D eigenvalue weighted by molar-refractivity contribution is 7.15. The summed E-state index contributed by atoms with van der Waals surface area (Å²) in [5, 5.41) is 0. The van der Waals surface area contributed by atoms with Gasteiger partial charge in [0.25, 0.3) is 0 Å². The quantitative estimate of drug-likeness (QED) is 0.284. The first-order valence-corrected chi connectivity index (χ1v) is 11.2. The van der Waals surface area contributed by atoms with Crippen LogP contribution in [-0.4, -0.2) is 0 Å². The van der Waals surface area contributed by atoms with Crippen LogP contribution in [0.2, 0.25) is 0 Å². The molecule has 0 heterocycles. The Morgan fingerprint density at radius 3 is 1.72 bits per heavy atom. The van der Waals surface area contributed by atoms with Crippen molar-refractivity contribution in [3.63, 3.8) is 0 Å². The van der Waals surface area contributed by atoms with Crippen LogP contribution in [-0.2, 0) is 19.0 Å². The molecule has 0 spiro atoms. The molecular formula is C28H27P. The second-order valence-electron chi connectivity index (χ2n) is 7.44. The van der Waals surface area contributed by atoms with E-state index in [1.807, 2.05) is 0 Å². The number of aryl methyl sites for hydroxylation is 2. The molecule has 0 saturated carbocycles. The maximum atomic E-state index is 2.85. The molecule has 0 aliphatic carbocycles. The molecule has 144 valence electrons. The Morgan fingerprint density at radius 1 is 0.483 bits per heavy atom. The maximum absolute atomic E-state index is 2.85. The fourth-order valence-corrected chi connectivity index (χ4v) is 4.28. The van der Waals surface area contributed by atoms with Gasteiger partial charge in [-0.05, 0) is 64.4 Å². The minimum atomic E-state index is 0.963. The second kappa shape index (κ2) is 9.68. The lowest BCUT2D eigenvalue weighted by molar-refractivity contribution is 0.821. The lowest BCUT2D eigenvalue weighted by atomic mass is 9.91. The first kappa shape index (κ1) is 19.6. The molecule has 4 aromatic carbocycles. The van der Waals surface area contributed by atoms with Crippen LogP contribution < -0.4 is 0 Å². The SMILES string of the molecule is PCc1ccccc1-c1ccccc1-c1ccc(CCCc2ccccc2)cc1. The molecule has 4 rings (SSSR count). The zero-order valence-electron chi connectivity index (χ0n) is 16.7. The molecule has 0 aliphatic heterocycles. The molecule has 29 heavy (non-hydrogen) atoms. The Labute approximate surface area is 176 Å². The van der Waals surface area contributed by atoms with Crippen molar-refractivity contribution in [1.29, 1.82) is 0 Å². The van der Waals surface area contributed by atoms with Gasteiger partial charge in [-0.25, -0.2) is 0 Å². The molecule has 0 bridgehead atoms. The van der Waals surface area contributed by atoms with Crippen LogP contribution in [0.4, 0.5) is 0 Å². The molecule has 1 atom stereocenters. The highest BCUT2D eigenvalue weighted by atomic mass is 31.0. The van der Waals surface area contributed by atoms with Gasteiger partial charge in [0.1, 0.15) is 0 Å². The van der Waals surface area contributed by atoms with Gasteiger partial charge in [0.15, 0.2) is 0 Å². The van der Waals surface area contributed by atoms with E-state index in [0.717, 1.165) is 19.0 Å². The van der Waals surface area contributed by atoms with Gasteiger partial charge in [-0.15, -0.1) is 9.24 Å². The van der Waals surface area contributed by atoms with Gasteiger partial charge < -0.3 is 0 Å². The van der Waals surface area contributed by atoms with Crippen LogP contribution in [0, 0.1) is 0 Å². The average molecular weight is 394 g/mol. The molecule has 0 radical (unpaired) electrons. The molecule has 0 nitrogen and oxygen atoms in total. The highest BCUT2D eigenvalue weighted by Crippen LogP contribution is 2.34. The van der Waals surface area contributed by atoms with E-state index in [1.54, 1.807) is 0 Å². The zero-order chi connectivity index (χ0) is 19.9. The van der Waals surface area contributed by atoms with Gasteiger partial charge in [-0.2, -0.15) is 0 Å². The van der Waals surface area contributed by atoms with Gasteiger partial charge >= 0.3 is 0 Å². The topological polar surface area (TPSA) is 0 Å². The summed E-state index contributed by atoms with van der Waals surface area (Å²) in [7, 11) is 2.85. The summed E-state index contributed by atoms with van der Waals surface area (Å²) in [6.07, 6.45) is 4.40. The predicted octanol–water partition coefficient (Wildman–Crippen LogP) is 7.57. The Morgan fingerprint density at radius 2 is 1.03 bits per heavy atom. The minimum Gasteiger partial charge on any atom is -0.133 e. The van der Waals surface area contributed by atoms with E-state index in [4.69, 9.17) is 0 Å². The Balaban J connectivity index is 1.52. The summed E-state index contributed by atoms with van der Waals surface area (Å²) in [5.74, 6) is 0. The molecule has 0 fully saturated rings. The fraction of sp³-hybridized carbons (Fsp3) is 0.143. The van der Waals surface area contributed by atoms with Gasteiger partial charge in [0.2, 0.25) is 0 Å².